The third-order valence-corrected chi connectivity index (χ3v) is 6.46. The maximum atomic E-state index is 13.3. The summed E-state index contributed by atoms with van der Waals surface area (Å²) < 4.78 is 1.79. The van der Waals surface area contributed by atoms with Crippen molar-refractivity contribution in [2.24, 2.45) is 0 Å². The van der Waals surface area contributed by atoms with Gasteiger partial charge in [0.25, 0.3) is 5.91 Å². The maximum absolute atomic E-state index is 13.3. The molecule has 0 aliphatic heterocycles. The van der Waals surface area contributed by atoms with Crippen molar-refractivity contribution >= 4 is 33.8 Å². The Labute approximate surface area is 166 Å². The van der Waals surface area contributed by atoms with Gasteiger partial charge in [-0.05, 0) is 59.3 Å². The molecule has 4 aromatic rings. The van der Waals surface area contributed by atoms with E-state index in [1.165, 1.54) is 24.2 Å². The predicted octanol–water partition coefficient (Wildman–Crippen LogP) is 4.23. The summed E-state index contributed by atoms with van der Waals surface area (Å²) in [6.07, 6.45) is 4.48. The zero-order chi connectivity index (χ0) is 19.1. The van der Waals surface area contributed by atoms with E-state index >= 15 is 0 Å². The number of amides is 1. The minimum Gasteiger partial charge on any atom is -0.330 e. The highest BCUT2D eigenvalue weighted by molar-refractivity contribution is 7.12. The van der Waals surface area contributed by atoms with Gasteiger partial charge in [0.05, 0.1) is 16.9 Å². The lowest BCUT2D eigenvalue weighted by atomic mass is 10.1. The number of tetrazole rings is 1. The average molecular weight is 392 g/mol. The zero-order valence-electron chi connectivity index (χ0n) is 15.7. The lowest BCUT2D eigenvalue weighted by molar-refractivity contribution is 0.0670. The van der Waals surface area contributed by atoms with E-state index in [2.05, 4.69) is 46.7 Å². The Balaban J connectivity index is 1.60. The second-order valence-corrected chi connectivity index (χ2v) is 8.44. The van der Waals surface area contributed by atoms with Crippen molar-refractivity contribution < 1.29 is 4.79 Å². The van der Waals surface area contributed by atoms with Crippen molar-refractivity contribution in [3.63, 3.8) is 0 Å². The minimum absolute atomic E-state index is 0.108. The Morgan fingerprint density at radius 3 is 2.89 bits per heavy atom. The first-order valence-electron chi connectivity index (χ1n) is 9.65. The second-order valence-electron chi connectivity index (χ2n) is 7.49. The number of pyridine rings is 1. The first-order chi connectivity index (χ1) is 13.7. The molecule has 0 radical (unpaired) electrons. The fourth-order valence-corrected chi connectivity index (χ4v) is 4.86. The number of aryl methyl sites for hydroxylation is 1. The summed E-state index contributed by atoms with van der Waals surface area (Å²) in [4.78, 5) is 16.1. The molecule has 0 spiro atoms. The quantitative estimate of drug-likeness (QED) is 0.522. The Hall–Kier alpha value is -2.80. The van der Waals surface area contributed by atoms with E-state index in [9.17, 15) is 4.79 Å². The molecule has 0 N–H and O–H groups in total. The van der Waals surface area contributed by atoms with Gasteiger partial charge in [-0.3, -0.25) is 4.79 Å². The summed E-state index contributed by atoms with van der Waals surface area (Å²) in [5.74, 6) is 0.108. The van der Waals surface area contributed by atoms with Crippen LogP contribution in [0.1, 0.15) is 46.5 Å². The first kappa shape index (κ1) is 17.3. The normalized spacial score (nSPS) is 14.9. The molecule has 7 heteroatoms. The molecule has 0 atom stereocenters. The van der Waals surface area contributed by atoms with Crippen molar-refractivity contribution in [1.82, 2.24) is 24.9 Å². The molecular formula is C21H21N5OS. The summed E-state index contributed by atoms with van der Waals surface area (Å²) in [7, 11) is 0. The van der Waals surface area contributed by atoms with Crippen LogP contribution in [0.5, 0.6) is 0 Å². The summed E-state index contributed by atoms with van der Waals surface area (Å²) in [6, 6.07) is 12.5. The molecule has 3 aromatic heterocycles. The fourth-order valence-electron chi connectivity index (χ4n) is 4.19. The molecule has 1 aromatic carbocycles. The largest absolute Gasteiger partial charge is 0.330 e. The molecule has 142 valence electrons. The maximum Gasteiger partial charge on any atom is 0.264 e. The van der Waals surface area contributed by atoms with Crippen molar-refractivity contribution in [3.05, 3.63) is 57.8 Å². The number of carbonyl (C=O) groups excluding carboxylic acids is 1. The monoisotopic (exact) mass is 391 g/mol. The second kappa shape index (κ2) is 6.98. The van der Waals surface area contributed by atoms with Gasteiger partial charge in [-0.25, -0.2) is 0 Å². The van der Waals surface area contributed by atoms with Crippen molar-refractivity contribution in [2.75, 3.05) is 0 Å². The van der Waals surface area contributed by atoms with Gasteiger partial charge in [-0.1, -0.05) is 31.0 Å². The van der Waals surface area contributed by atoms with Crippen LogP contribution in [0, 0.1) is 6.92 Å². The molecule has 0 saturated heterocycles. The Morgan fingerprint density at radius 1 is 1.25 bits per heavy atom. The van der Waals surface area contributed by atoms with Crippen LogP contribution < -0.4 is 0 Å². The molecule has 1 saturated carbocycles. The van der Waals surface area contributed by atoms with E-state index in [0.29, 0.717) is 6.54 Å². The molecule has 1 amide bonds. The summed E-state index contributed by atoms with van der Waals surface area (Å²) in [5, 5.41) is 15.4. The van der Waals surface area contributed by atoms with Gasteiger partial charge in [0.1, 0.15) is 0 Å². The lowest BCUT2D eigenvalue weighted by Crippen LogP contribution is -2.38. The van der Waals surface area contributed by atoms with Crippen LogP contribution in [0.2, 0.25) is 0 Å². The number of hydrogen-bond donors (Lipinski definition) is 0. The number of rotatable bonds is 4. The Kier molecular flexibility index (Phi) is 4.31. The van der Waals surface area contributed by atoms with Crippen LogP contribution in [0.25, 0.3) is 16.6 Å². The zero-order valence-corrected chi connectivity index (χ0v) is 16.5. The molecule has 5 rings (SSSR count). The summed E-state index contributed by atoms with van der Waals surface area (Å²) in [5.41, 5.74) is 3.86. The van der Waals surface area contributed by atoms with Gasteiger partial charge in [0, 0.05) is 17.0 Å². The molecule has 28 heavy (non-hydrogen) atoms. The number of carbonyl (C=O) groups is 1. The topological polar surface area (TPSA) is 63.4 Å². The van der Waals surface area contributed by atoms with Gasteiger partial charge < -0.3 is 4.90 Å². The van der Waals surface area contributed by atoms with Gasteiger partial charge >= 0.3 is 0 Å². The number of thiophene rings is 1. The highest BCUT2D eigenvalue weighted by Crippen LogP contribution is 2.29. The fraction of sp³-hybridized carbons (Fsp3) is 0.333. The van der Waals surface area contributed by atoms with Crippen LogP contribution in [-0.4, -0.2) is 36.9 Å². The van der Waals surface area contributed by atoms with Gasteiger partial charge in [0.15, 0.2) is 5.65 Å². The molecule has 1 aliphatic carbocycles. The van der Waals surface area contributed by atoms with E-state index in [0.717, 1.165) is 45.4 Å². The van der Waals surface area contributed by atoms with E-state index in [-0.39, 0.29) is 11.9 Å². The number of fused-ring (bicyclic) bond motifs is 3. The number of hydrogen-bond acceptors (Lipinski definition) is 5. The molecule has 3 heterocycles. The number of aromatic nitrogens is 4. The van der Waals surface area contributed by atoms with E-state index in [1.54, 1.807) is 4.52 Å². The van der Waals surface area contributed by atoms with Crippen LogP contribution in [0.15, 0.2) is 41.8 Å². The highest BCUT2D eigenvalue weighted by Gasteiger charge is 2.29. The van der Waals surface area contributed by atoms with Crippen LogP contribution in [-0.2, 0) is 6.54 Å². The first-order valence-corrected chi connectivity index (χ1v) is 10.5. The van der Waals surface area contributed by atoms with Crippen LogP contribution >= 0.6 is 11.3 Å². The van der Waals surface area contributed by atoms with Crippen LogP contribution in [0.3, 0.4) is 0 Å². The van der Waals surface area contributed by atoms with E-state index in [4.69, 9.17) is 0 Å². The Bertz CT molecular complexity index is 1140. The summed E-state index contributed by atoms with van der Waals surface area (Å²) >= 11 is 1.50. The number of nitrogens with zero attached hydrogens (tertiary/aromatic N) is 5. The smallest absolute Gasteiger partial charge is 0.264 e. The summed E-state index contributed by atoms with van der Waals surface area (Å²) in [6.45, 7) is 2.58. The Morgan fingerprint density at radius 2 is 2.11 bits per heavy atom. The van der Waals surface area contributed by atoms with Gasteiger partial charge in [-0.15, -0.1) is 16.4 Å². The molecule has 0 bridgehead atoms. The van der Waals surface area contributed by atoms with Crippen molar-refractivity contribution in [2.45, 2.75) is 45.2 Å². The standard InChI is InChI=1S/C21H21N5OS/c1-14-8-9-15-12-16(20-22-23-24-26(20)18(15)11-14)13-25(17-5-2-3-6-17)21(27)19-7-4-10-28-19/h4,7-12,17H,2-3,5-6,13H2,1H3. The van der Waals surface area contributed by atoms with Gasteiger partial charge in [0.2, 0.25) is 0 Å². The minimum atomic E-state index is 0.108. The SMILES string of the molecule is Cc1ccc2cc(CN(C(=O)c3cccs3)C3CCCC3)c3nnnn3c2c1. The number of benzene rings is 1. The third kappa shape index (κ3) is 2.96. The van der Waals surface area contributed by atoms with Crippen molar-refractivity contribution in [1.29, 1.82) is 0 Å². The average Bonchev–Trinajstić information content (AvgIpc) is 3.48. The van der Waals surface area contributed by atoms with E-state index in [1.807, 2.05) is 22.4 Å². The molecule has 1 fully saturated rings. The van der Waals surface area contributed by atoms with Gasteiger partial charge in [-0.2, -0.15) is 4.52 Å². The van der Waals surface area contributed by atoms with Crippen molar-refractivity contribution in [3.8, 4) is 0 Å². The lowest BCUT2D eigenvalue weighted by Gasteiger charge is -2.29. The molecular weight excluding hydrogens is 370 g/mol. The molecule has 0 unspecified atom stereocenters. The molecule has 1 aliphatic rings. The molecule has 6 nitrogen and oxygen atoms in total. The highest BCUT2D eigenvalue weighted by atomic mass is 32.1. The third-order valence-electron chi connectivity index (χ3n) is 5.60. The van der Waals surface area contributed by atoms with E-state index < -0.39 is 0 Å². The predicted molar refractivity (Wildman–Crippen MR) is 109 cm³/mol. The van der Waals surface area contributed by atoms with Crippen LogP contribution in [0.4, 0.5) is 0 Å².